The van der Waals surface area contributed by atoms with E-state index < -0.39 is 0 Å². The summed E-state index contributed by atoms with van der Waals surface area (Å²) in [5.74, 6) is 0. The zero-order valence-corrected chi connectivity index (χ0v) is 11.1. The molecule has 0 amide bonds. The average molecular weight is 261 g/mol. The Balaban J connectivity index is 1.73. The molecule has 1 aromatic heterocycles. The molecule has 1 aliphatic heterocycles. The van der Waals surface area contributed by atoms with Crippen LogP contribution in [0.3, 0.4) is 0 Å². The summed E-state index contributed by atoms with van der Waals surface area (Å²) in [5, 5.41) is 11.2. The zero-order valence-electron chi connectivity index (χ0n) is 11.1. The van der Waals surface area contributed by atoms with Crippen LogP contribution < -0.4 is 11.1 Å². The van der Waals surface area contributed by atoms with Gasteiger partial charge in [-0.25, -0.2) is 4.63 Å². The number of anilines is 2. The fourth-order valence-corrected chi connectivity index (χ4v) is 2.67. The van der Waals surface area contributed by atoms with Crippen LogP contribution in [0.4, 0.5) is 11.4 Å². The Kier molecular flexibility index (Phi) is 3.25. The Bertz CT molecular complexity index is 561. The predicted octanol–water partition coefficient (Wildman–Crippen LogP) is 1.70. The minimum Gasteiger partial charge on any atom is -0.397 e. The number of nitrogens with one attached hydrogen (secondary N) is 1. The van der Waals surface area contributed by atoms with Gasteiger partial charge in [-0.2, -0.15) is 0 Å². The number of fused-ring (bicyclic) bond motifs is 1. The molecule has 6 heteroatoms. The number of hydrogen-bond donors (Lipinski definition) is 2. The standard InChI is InChI=1S/C13H19N5O/c1-9(8-18-6-2-3-7-18)15-11-5-4-10(14)12-13(11)17-19-16-12/h4-5,9,15H,2-3,6-8,14H2,1H3. The van der Waals surface area contributed by atoms with Crippen molar-refractivity contribution in [3.8, 4) is 0 Å². The molecule has 1 atom stereocenters. The summed E-state index contributed by atoms with van der Waals surface area (Å²) in [5.41, 5.74) is 8.68. The summed E-state index contributed by atoms with van der Waals surface area (Å²) in [6.45, 7) is 5.62. The number of nitrogen functional groups attached to an aromatic ring is 1. The van der Waals surface area contributed by atoms with Crippen LogP contribution in [0, 0.1) is 0 Å². The maximum atomic E-state index is 5.83. The van der Waals surface area contributed by atoms with Gasteiger partial charge in [0.2, 0.25) is 0 Å². The van der Waals surface area contributed by atoms with Crippen molar-refractivity contribution in [3.63, 3.8) is 0 Å². The molecule has 0 radical (unpaired) electrons. The molecule has 3 rings (SSSR count). The lowest BCUT2D eigenvalue weighted by atomic mass is 10.2. The van der Waals surface area contributed by atoms with Crippen molar-refractivity contribution in [1.29, 1.82) is 0 Å². The van der Waals surface area contributed by atoms with Crippen LogP contribution in [0.2, 0.25) is 0 Å². The summed E-state index contributed by atoms with van der Waals surface area (Å²) in [6.07, 6.45) is 2.62. The van der Waals surface area contributed by atoms with Crippen LogP contribution in [-0.2, 0) is 0 Å². The van der Waals surface area contributed by atoms with Gasteiger partial charge < -0.3 is 16.0 Å². The first-order chi connectivity index (χ1) is 9.24. The molecule has 1 saturated heterocycles. The number of likely N-dealkylation sites (tertiary alicyclic amines) is 1. The van der Waals surface area contributed by atoms with Crippen LogP contribution in [0.25, 0.3) is 11.0 Å². The van der Waals surface area contributed by atoms with E-state index in [-0.39, 0.29) is 0 Å². The predicted molar refractivity (Wildman–Crippen MR) is 75.0 cm³/mol. The first-order valence-corrected chi connectivity index (χ1v) is 6.73. The van der Waals surface area contributed by atoms with Crippen molar-refractivity contribution in [2.75, 3.05) is 30.7 Å². The van der Waals surface area contributed by atoms with Gasteiger partial charge in [0.1, 0.15) is 0 Å². The third kappa shape index (κ3) is 2.49. The van der Waals surface area contributed by atoms with Gasteiger partial charge in [0.05, 0.1) is 11.4 Å². The first kappa shape index (κ1) is 12.2. The number of nitrogens with zero attached hydrogens (tertiary/aromatic N) is 3. The maximum absolute atomic E-state index is 5.83. The lowest BCUT2D eigenvalue weighted by molar-refractivity contribution is 0.315. The molecule has 3 N–H and O–H groups in total. The lowest BCUT2D eigenvalue weighted by Gasteiger charge is -2.22. The van der Waals surface area contributed by atoms with Crippen molar-refractivity contribution >= 4 is 22.4 Å². The second-order valence-electron chi connectivity index (χ2n) is 5.22. The van der Waals surface area contributed by atoms with E-state index in [1.165, 1.54) is 25.9 Å². The molecule has 1 unspecified atom stereocenters. The van der Waals surface area contributed by atoms with Gasteiger partial charge in [-0.15, -0.1) is 0 Å². The van der Waals surface area contributed by atoms with E-state index in [2.05, 4.69) is 27.5 Å². The van der Waals surface area contributed by atoms with Gasteiger partial charge in [0, 0.05) is 12.6 Å². The van der Waals surface area contributed by atoms with Crippen molar-refractivity contribution in [3.05, 3.63) is 12.1 Å². The quantitative estimate of drug-likeness (QED) is 0.815. The number of rotatable bonds is 4. The van der Waals surface area contributed by atoms with Gasteiger partial charge in [-0.3, -0.25) is 0 Å². The molecule has 0 spiro atoms. The first-order valence-electron chi connectivity index (χ1n) is 6.73. The third-order valence-electron chi connectivity index (χ3n) is 3.58. The summed E-state index contributed by atoms with van der Waals surface area (Å²) in [6, 6.07) is 4.11. The molecule has 2 aromatic rings. The molecule has 6 nitrogen and oxygen atoms in total. The van der Waals surface area contributed by atoms with Gasteiger partial charge in [0.15, 0.2) is 11.0 Å². The monoisotopic (exact) mass is 261 g/mol. The van der Waals surface area contributed by atoms with Crippen molar-refractivity contribution in [2.45, 2.75) is 25.8 Å². The molecule has 1 aliphatic rings. The molecular weight excluding hydrogens is 242 g/mol. The molecule has 0 bridgehead atoms. The highest BCUT2D eigenvalue weighted by Crippen LogP contribution is 2.25. The second-order valence-corrected chi connectivity index (χ2v) is 5.22. The smallest absolute Gasteiger partial charge is 0.160 e. The molecule has 1 fully saturated rings. The molecule has 0 aliphatic carbocycles. The zero-order chi connectivity index (χ0) is 13.2. The van der Waals surface area contributed by atoms with Crippen LogP contribution >= 0.6 is 0 Å². The van der Waals surface area contributed by atoms with E-state index in [4.69, 9.17) is 10.4 Å². The Morgan fingerprint density at radius 1 is 1.32 bits per heavy atom. The van der Waals surface area contributed by atoms with E-state index in [1.54, 1.807) is 0 Å². The van der Waals surface area contributed by atoms with Crippen LogP contribution in [0.1, 0.15) is 19.8 Å². The molecule has 1 aromatic carbocycles. The minimum atomic E-state index is 0.349. The van der Waals surface area contributed by atoms with E-state index >= 15 is 0 Å². The summed E-state index contributed by atoms with van der Waals surface area (Å²) in [7, 11) is 0. The Labute approximate surface area is 111 Å². The Hall–Kier alpha value is -1.82. The average Bonchev–Trinajstić information content (AvgIpc) is 3.03. The number of hydrogen-bond acceptors (Lipinski definition) is 6. The molecule has 2 heterocycles. The fraction of sp³-hybridized carbons (Fsp3) is 0.538. The summed E-state index contributed by atoms with van der Waals surface area (Å²) >= 11 is 0. The largest absolute Gasteiger partial charge is 0.397 e. The van der Waals surface area contributed by atoms with Crippen LogP contribution in [0.5, 0.6) is 0 Å². The van der Waals surface area contributed by atoms with Crippen molar-refractivity contribution < 1.29 is 4.63 Å². The van der Waals surface area contributed by atoms with E-state index in [1.807, 2.05) is 12.1 Å². The number of benzene rings is 1. The van der Waals surface area contributed by atoms with Gasteiger partial charge >= 0.3 is 0 Å². The number of aromatic nitrogens is 2. The SMILES string of the molecule is CC(CN1CCCC1)Nc1ccc(N)c2nonc12. The van der Waals surface area contributed by atoms with E-state index in [0.29, 0.717) is 22.8 Å². The highest BCUT2D eigenvalue weighted by atomic mass is 16.6. The second kappa shape index (κ2) is 5.05. The summed E-state index contributed by atoms with van der Waals surface area (Å²) < 4.78 is 4.77. The Morgan fingerprint density at radius 3 is 2.84 bits per heavy atom. The highest BCUT2D eigenvalue weighted by molar-refractivity contribution is 5.95. The van der Waals surface area contributed by atoms with E-state index in [9.17, 15) is 0 Å². The molecule has 0 saturated carbocycles. The van der Waals surface area contributed by atoms with Crippen molar-refractivity contribution in [1.82, 2.24) is 15.2 Å². The normalized spacial score (nSPS) is 17.9. The van der Waals surface area contributed by atoms with Crippen molar-refractivity contribution in [2.24, 2.45) is 0 Å². The maximum Gasteiger partial charge on any atom is 0.160 e. The molecule has 19 heavy (non-hydrogen) atoms. The Morgan fingerprint density at radius 2 is 2.05 bits per heavy atom. The fourth-order valence-electron chi connectivity index (χ4n) is 2.67. The van der Waals surface area contributed by atoms with Gasteiger partial charge in [-0.05, 0) is 55.3 Å². The van der Waals surface area contributed by atoms with E-state index in [0.717, 1.165) is 12.2 Å². The van der Waals surface area contributed by atoms with Crippen LogP contribution in [-0.4, -0.2) is 40.9 Å². The topological polar surface area (TPSA) is 80.2 Å². The third-order valence-corrected chi connectivity index (χ3v) is 3.58. The molecule has 102 valence electrons. The lowest BCUT2D eigenvalue weighted by Crippen LogP contribution is -2.33. The van der Waals surface area contributed by atoms with Crippen LogP contribution in [0.15, 0.2) is 16.8 Å². The number of nitrogens with two attached hydrogens (primary N) is 1. The minimum absolute atomic E-state index is 0.349. The van der Waals surface area contributed by atoms with Gasteiger partial charge in [0.25, 0.3) is 0 Å². The highest BCUT2D eigenvalue weighted by Gasteiger charge is 2.16. The molecular formula is C13H19N5O. The summed E-state index contributed by atoms with van der Waals surface area (Å²) in [4.78, 5) is 2.48. The van der Waals surface area contributed by atoms with Gasteiger partial charge in [-0.1, -0.05) is 0 Å².